The van der Waals surface area contributed by atoms with Crippen molar-refractivity contribution in [2.45, 2.75) is 18.2 Å². The molecule has 1 aromatic rings. The van der Waals surface area contributed by atoms with Crippen molar-refractivity contribution in [2.24, 2.45) is 5.73 Å². The molecular weight excluding hydrogens is 327 g/mol. The van der Waals surface area contributed by atoms with Crippen LogP contribution in [0, 0.1) is 0 Å². The van der Waals surface area contributed by atoms with Gasteiger partial charge in [0.25, 0.3) is 0 Å². The molecule has 0 aliphatic carbocycles. The van der Waals surface area contributed by atoms with Crippen LogP contribution in [0.3, 0.4) is 0 Å². The molecule has 0 saturated heterocycles. The molecule has 0 amide bonds. The molecule has 0 bridgehead atoms. The average molecular weight is 341 g/mol. The molecule has 106 valence electrons. The molecule has 8 heteroatoms. The molecule has 4 nitrogen and oxygen atoms in total. The Morgan fingerprint density at radius 2 is 2.05 bits per heavy atom. The van der Waals surface area contributed by atoms with E-state index in [0.29, 0.717) is 18.0 Å². The Labute approximate surface area is 128 Å². The van der Waals surface area contributed by atoms with Crippen molar-refractivity contribution >= 4 is 50.4 Å². The van der Waals surface area contributed by atoms with Crippen molar-refractivity contribution in [3.8, 4) is 0 Å². The van der Waals surface area contributed by atoms with Gasteiger partial charge in [0.1, 0.15) is 4.90 Å². The fourth-order valence-corrected chi connectivity index (χ4v) is 3.78. The first-order valence-electron chi connectivity index (χ1n) is 5.52. The molecule has 0 fully saturated rings. The van der Waals surface area contributed by atoms with Gasteiger partial charge in [0.2, 0.25) is 10.0 Å². The van der Waals surface area contributed by atoms with Gasteiger partial charge in [0.05, 0.1) is 10.0 Å². The van der Waals surface area contributed by atoms with Crippen molar-refractivity contribution in [3.63, 3.8) is 0 Å². The molecule has 0 atom stereocenters. The average Bonchev–Trinajstić information content (AvgIpc) is 2.32. The summed E-state index contributed by atoms with van der Waals surface area (Å²) >= 11 is 16.5. The van der Waals surface area contributed by atoms with Gasteiger partial charge in [0, 0.05) is 24.5 Å². The van der Waals surface area contributed by atoms with Crippen molar-refractivity contribution in [1.29, 1.82) is 0 Å². The van der Waals surface area contributed by atoms with Crippen LogP contribution in [-0.4, -0.2) is 30.8 Å². The lowest BCUT2D eigenvalue weighted by Gasteiger charge is -2.21. The highest BCUT2D eigenvalue weighted by atomic mass is 35.5. The first-order valence-corrected chi connectivity index (χ1v) is 8.13. The van der Waals surface area contributed by atoms with Gasteiger partial charge in [-0.1, -0.05) is 42.3 Å². The fraction of sp³-hybridized carbons (Fsp3) is 0.364. The molecule has 0 saturated carbocycles. The summed E-state index contributed by atoms with van der Waals surface area (Å²) in [6.45, 7) is 2.25. The van der Waals surface area contributed by atoms with Crippen LogP contribution in [0.1, 0.15) is 13.3 Å². The molecule has 0 heterocycles. The Hall–Kier alpha value is -0.400. The van der Waals surface area contributed by atoms with E-state index in [4.69, 9.17) is 41.2 Å². The van der Waals surface area contributed by atoms with E-state index in [1.165, 1.54) is 22.5 Å². The molecule has 0 aromatic heterocycles. The van der Waals surface area contributed by atoms with Crippen LogP contribution in [0.5, 0.6) is 0 Å². The van der Waals surface area contributed by atoms with Crippen LogP contribution >= 0.6 is 35.4 Å². The highest BCUT2D eigenvalue weighted by Crippen LogP contribution is 2.27. The number of halogens is 2. The first kappa shape index (κ1) is 16.7. The molecule has 2 N–H and O–H groups in total. The largest absolute Gasteiger partial charge is 0.393 e. The molecule has 0 unspecified atom stereocenters. The van der Waals surface area contributed by atoms with Gasteiger partial charge in [-0.2, -0.15) is 4.31 Å². The Morgan fingerprint density at radius 1 is 1.42 bits per heavy atom. The van der Waals surface area contributed by atoms with Gasteiger partial charge in [-0.3, -0.25) is 0 Å². The Morgan fingerprint density at radius 3 is 2.58 bits per heavy atom. The van der Waals surface area contributed by atoms with Crippen LogP contribution in [-0.2, 0) is 10.0 Å². The van der Waals surface area contributed by atoms with Crippen molar-refractivity contribution in [2.75, 3.05) is 13.1 Å². The van der Waals surface area contributed by atoms with Gasteiger partial charge in [-0.05, 0) is 18.2 Å². The zero-order chi connectivity index (χ0) is 14.6. The number of thiocarbonyl (C=S) groups is 1. The summed E-state index contributed by atoms with van der Waals surface area (Å²) < 4.78 is 26.2. The summed E-state index contributed by atoms with van der Waals surface area (Å²) in [6.07, 6.45) is 0.320. The minimum absolute atomic E-state index is 0.00791. The van der Waals surface area contributed by atoms with E-state index in [-0.39, 0.29) is 21.5 Å². The van der Waals surface area contributed by atoms with Gasteiger partial charge >= 0.3 is 0 Å². The zero-order valence-electron chi connectivity index (χ0n) is 10.3. The molecule has 19 heavy (non-hydrogen) atoms. The molecular formula is C11H14Cl2N2O2S2. The summed E-state index contributed by atoms with van der Waals surface area (Å²) in [7, 11) is -3.70. The van der Waals surface area contributed by atoms with Crippen LogP contribution in [0.2, 0.25) is 10.0 Å². The molecule has 1 aromatic carbocycles. The number of hydrogen-bond acceptors (Lipinski definition) is 3. The molecule has 0 aliphatic rings. The van der Waals surface area contributed by atoms with E-state index in [2.05, 4.69) is 0 Å². The number of rotatable bonds is 6. The Kier molecular flexibility index (Phi) is 6.01. The number of hydrogen-bond donors (Lipinski definition) is 1. The maximum Gasteiger partial charge on any atom is 0.244 e. The van der Waals surface area contributed by atoms with Crippen LogP contribution in [0.4, 0.5) is 0 Å². The van der Waals surface area contributed by atoms with Crippen molar-refractivity contribution in [1.82, 2.24) is 4.31 Å². The number of benzene rings is 1. The standard InChI is InChI=1S/C11H14Cl2N2O2S2/c1-2-15(6-5-11(14)18)19(16,17)10-7-8(12)3-4-9(10)13/h3-4,7H,2,5-6H2,1H3,(H2,14,18). The third-order valence-electron chi connectivity index (χ3n) is 2.47. The minimum Gasteiger partial charge on any atom is -0.393 e. The van der Waals surface area contributed by atoms with Crippen LogP contribution < -0.4 is 5.73 Å². The summed E-state index contributed by atoms with van der Waals surface area (Å²) in [5.41, 5.74) is 5.39. The van der Waals surface area contributed by atoms with Gasteiger partial charge in [-0.25, -0.2) is 8.42 Å². The predicted molar refractivity (Wildman–Crippen MR) is 82.3 cm³/mol. The molecule has 0 spiro atoms. The van der Waals surface area contributed by atoms with Gasteiger partial charge < -0.3 is 5.73 Å². The molecule has 1 rings (SSSR count). The fourth-order valence-electron chi connectivity index (χ4n) is 1.50. The normalized spacial score (nSPS) is 11.8. The highest BCUT2D eigenvalue weighted by molar-refractivity contribution is 7.89. The summed E-state index contributed by atoms with van der Waals surface area (Å²) in [6, 6.07) is 4.33. The van der Waals surface area contributed by atoms with E-state index in [1.54, 1.807) is 6.92 Å². The summed E-state index contributed by atoms with van der Waals surface area (Å²) in [5, 5.41) is 0.451. The second kappa shape index (κ2) is 6.85. The maximum atomic E-state index is 12.4. The number of nitrogens with zero attached hydrogens (tertiary/aromatic N) is 1. The van der Waals surface area contributed by atoms with Gasteiger partial charge in [0.15, 0.2) is 0 Å². The second-order valence-corrected chi connectivity index (χ2v) is 7.06. The van der Waals surface area contributed by atoms with Crippen LogP contribution in [0.25, 0.3) is 0 Å². The summed E-state index contributed by atoms with van der Waals surface area (Å²) in [4.78, 5) is 0.261. The Bertz CT molecular complexity index is 576. The highest BCUT2D eigenvalue weighted by Gasteiger charge is 2.25. The van der Waals surface area contributed by atoms with Crippen molar-refractivity contribution < 1.29 is 8.42 Å². The number of nitrogens with two attached hydrogens (primary N) is 1. The zero-order valence-corrected chi connectivity index (χ0v) is 13.4. The molecule has 0 aliphatic heterocycles. The van der Waals surface area contributed by atoms with E-state index >= 15 is 0 Å². The smallest absolute Gasteiger partial charge is 0.244 e. The Balaban J connectivity index is 3.13. The predicted octanol–water partition coefficient (Wildman–Crippen LogP) is 2.68. The topological polar surface area (TPSA) is 63.4 Å². The first-order chi connectivity index (χ1) is 8.78. The lowest BCUT2D eigenvalue weighted by atomic mass is 10.4. The van der Waals surface area contributed by atoms with Crippen LogP contribution in [0.15, 0.2) is 23.1 Å². The second-order valence-electron chi connectivity index (χ2n) is 3.79. The maximum absolute atomic E-state index is 12.4. The van der Waals surface area contributed by atoms with E-state index in [0.717, 1.165) is 0 Å². The summed E-state index contributed by atoms with van der Waals surface area (Å²) in [5.74, 6) is 0. The van der Waals surface area contributed by atoms with Gasteiger partial charge in [-0.15, -0.1) is 0 Å². The lowest BCUT2D eigenvalue weighted by molar-refractivity contribution is 0.437. The number of sulfonamides is 1. The van der Waals surface area contributed by atoms with E-state index < -0.39 is 10.0 Å². The quantitative estimate of drug-likeness (QED) is 0.808. The van der Waals surface area contributed by atoms with E-state index in [1.807, 2.05) is 0 Å². The minimum atomic E-state index is -3.70. The van der Waals surface area contributed by atoms with E-state index in [9.17, 15) is 8.42 Å². The van der Waals surface area contributed by atoms with Crippen molar-refractivity contribution in [3.05, 3.63) is 28.2 Å². The lowest BCUT2D eigenvalue weighted by Crippen LogP contribution is -2.33. The third kappa shape index (κ3) is 4.29. The third-order valence-corrected chi connectivity index (χ3v) is 5.37. The molecule has 0 radical (unpaired) electrons. The SMILES string of the molecule is CCN(CCC(N)=S)S(=O)(=O)c1cc(Cl)ccc1Cl. The monoisotopic (exact) mass is 340 g/mol.